The van der Waals surface area contributed by atoms with Crippen LogP contribution in [-0.2, 0) is 19.1 Å². The van der Waals surface area contributed by atoms with Crippen LogP contribution >= 0.6 is 0 Å². The number of ether oxygens (including phenoxy) is 2. The molecule has 0 radical (unpaired) electrons. The Morgan fingerprint density at radius 3 is 2.09 bits per heavy atom. The number of carboxylic acids is 1. The van der Waals surface area contributed by atoms with Crippen LogP contribution in [0.25, 0.3) is 11.1 Å². The first-order valence-corrected chi connectivity index (χ1v) is 11.3. The standard InChI is InChI=1S/C27H30N2O6/c1-5-10-22(24(30)28-23(25(31)32)16-35-27(2,3)4)29-26(33)34-15-21-19-13-8-6-11-17(19)18-12-7-9-14-20(18)21/h1,6-9,11-14,21-23H,10,15-16H2,2-4H3,(H,28,30)(H,29,33)(H,31,32)/t22?,23-/m0/s1. The van der Waals surface area contributed by atoms with Crippen molar-refractivity contribution in [3.63, 3.8) is 0 Å². The maximum Gasteiger partial charge on any atom is 0.407 e. The van der Waals surface area contributed by atoms with Gasteiger partial charge in [-0.25, -0.2) is 9.59 Å². The van der Waals surface area contributed by atoms with Crippen LogP contribution in [0.4, 0.5) is 4.79 Å². The number of carbonyl (C=O) groups excluding carboxylic acids is 2. The summed E-state index contributed by atoms with van der Waals surface area (Å²) in [5, 5.41) is 14.3. The number of aliphatic carboxylic acids is 1. The Bertz CT molecular complexity index is 1090. The fourth-order valence-corrected chi connectivity index (χ4v) is 3.89. The summed E-state index contributed by atoms with van der Waals surface area (Å²) in [5.41, 5.74) is 3.72. The summed E-state index contributed by atoms with van der Waals surface area (Å²) in [6.07, 6.45) is 4.41. The van der Waals surface area contributed by atoms with E-state index in [4.69, 9.17) is 15.9 Å². The molecule has 3 rings (SSSR count). The van der Waals surface area contributed by atoms with Gasteiger partial charge in [0.2, 0.25) is 5.91 Å². The van der Waals surface area contributed by atoms with Crippen molar-refractivity contribution in [3.05, 3.63) is 59.7 Å². The molecule has 2 atom stereocenters. The SMILES string of the molecule is C#CCC(NC(=O)OCC1c2ccccc2-c2ccccc21)C(=O)N[C@@H](COC(C)(C)C)C(=O)O. The summed E-state index contributed by atoms with van der Waals surface area (Å²) in [7, 11) is 0. The van der Waals surface area contributed by atoms with Gasteiger partial charge in [-0.1, -0.05) is 48.5 Å². The Labute approximate surface area is 205 Å². The molecule has 0 saturated heterocycles. The molecule has 0 heterocycles. The zero-order valence-electron chi connectivity index (χ0n) is 20.0. The second kappa shape index (κ2) is 11.1. The zero-order chi connectivity index (χ0) is 25.6. The summed E-state index contributed by atoms with van der Waals surface area (Å²) in [5.74, 6) is 0.191. The molecule has 8 heteroatoms. The molecule has 1 unspecified atom stereocenters. The second-order valence-electron chi connectivity index (χ2n) is 9.25. The van der Waals surface area contributed by atoms with E-state index in [1.807, 2.05) is 48.5 Å². The molecule has 2 aromatic rings. The highest BCUT2D eigenvalue weighted by molar-refractivity contribution is 5.89. The number of fused-ring (bicyclic) bond motifs is 3. The normalized spacial score (nSPS) is 14.1. The number of terminal acetylenes is 1. The number of rotatable bonds is 9. The number of amides is 2. The van der Waals surface area contributed by atoms with Crippen LogP contribution in [0.3, 0.4) is 0 Å². The van der Waals surface area contributed by atoms with E-state index < -0.39 is 35.7 Å². The predicted octanol–water partition coefficient (Wildman–Crippen LogP) is 3.30. The minimum Gasteiger partial charge on any atom is -0.480 e. The first kappa shape index (κ1) is 25.8. The van der Waals surface area contributed by atoms with Crippen LogP contribution in [0.2, 0.25) is 0 Å². The van der Waals surface area contributed by atoms with Crippen LogP contribution in [0.5, 0.6) is 0 Å². The molecule has 0 bridgehead atoms. The molecule has 184 valence electrons. The van der Waals surface area contributed by atoms with E-state index in [9.17, 15) is 19.5 Å². The lowest BCUT2D eigenvalue weighted by Crippen LogP contribution is -2.53. The van der Waals surface area contributed by atoms with Gasteiger partial charge in [0.25, 0.3) is 0 Å². The highest BCUT2D eigenvalue weighted by Gasteiger charge is 2.31. The second-order valence-corrected chi connectivity index (χ2v) is 9.25. The Balaban J connectivity index is 1.62. The molecular formula is C27H30N2O6. The van der Waals surface area contributed by atoms with Gasteiger partial charge in [-0.05, 0) is 43.0 Å². The van der Waals surface area contributed by atoms with Crippen molar-refractivity contribution in [1.82, 2.24) is 10.6 Å². The molecule has 0 saturated carbocycles. The summed E-state index contributed by atoms with van der Waals surface area (Å²) in [6.45, 7) is 5.15. The average molecular weight is 479 g/mol. The number of hydrogen-bond donors (Lipinski definition) is 3. The van der Waals surface area contributed by atoms with Gasteiger partial charge in [-0.2, -0.15) is 0 Å². The fourth-order valence-electron chi connectivity index (χ4n) is 3.89. The lowest BCUT2D eigenvalue weighted by molar-refractivity contribution is -0.145. The molecule has 1 aliphatic rings. The van der Waals surface area contributed by atoms with Gasteiger partial charge < -0.3 is 25.2 Å². The van der Waals surface area contributed by atoms with Crippen LogP contribution < -0.4 is 10.6 Å². The number of nitrogens with one attached hydrogen (secondary N) is 2. The van der Waals surface area contributed by atoms with Gasteiger partial charge in [0.05, 0.1) is 12.2 Å². The molecule has 0 aliphatic heterocycles. The van der Waals surface area contributed by atoms with Gasteiger partial charge >= 0.3 is 12.1 Å². The largest absolute Gasteiger partial charge is 0.480 e. The molecule has 3 N–H and O–H groups in total. The van der Waals surface area contributed by atoms with Crippen molar-refractivity contribution in [2.45, 2.75) is 50.8 Å². The molecule has 1 aliphatic carbocycles. The molecule has 35 heavy (non-hydrogen) atoms. The van der Waals surface area contributed by atoms with E-state index in [1.165, 1.54) is 0 Å². The smallest absolute Gasteiger partial charge is 0.407 e. The van der Waals surface area contributed by atoms with E-state index >= 15 is 0 Å². The van der Waals surface area contributed by atoms with Crippen molar-refractivity contribution in [2.75, 3.05) is 13.2 Å². The van der Waals surface area contributed by atoms with E-state index in [0.717, 1.165) is 22.3 Å². The number of carboxylic acid groups (broad SMARTS) is 1. The minimum absolute atomic E-state index is 0.0709. The zero-order valence-corrected chi connectivity index (χ0v) is 20.0. The van der Waals surface area contributed by atoms with Gasteiger partial charge in [0.15, 0.2) is 6.04 Å². The fraction of sp³-hybridized carbons (Fsp3) is 0.370. The van der Waals surface area contributed by atoms with Gasteiger partial charge in [-0.3, -0.25) is 4.79 Å². The lowest BCUT2D eigenvalue weighted by atomic mass is 9.98. The predicted molar refractivity (Wildman–Crippen MR) is 131 cm³/mol. The van der Waals surface area contributed by atoms with Gasteiger partial charge in [0, 0.05) is 12.3 Å². The van der Waals surface area contributed by atoms with Crippen molar-refractivity contribution >= 4 is 18.0 Å². The first-order valence-electron chi connectivity index (χ1n) is 11.3. The monoisotopic (exact) mass is 478 g/mol. The Morgan fingerprint density at radius 2 is 1.57 bits per heavy atom. The quantitative estimate of drug-likeness (QED) is 0.477. The Hall–Kier alpha value is -3.83. The highest BCUT2D eigenvalue weighted by atomic mass is 16.5. The van der Waals surface area contributed by atoms with Crippen molar-refractivity contribution in [3.8, 4) is 23.5 Å². The number of benzene rings is 2. The van der Waals surface area contributed by atoms with Gasteiger partial charge in [0.1, 0.15) is 12.6 Å². The molecule has 0 fully saturated rings. The van der Waals surface area contributed by atoms with E-state index in [1.54, 1.807) is 20.8 Å². The van der Waals surface area contributed by atoms with Crippen LogP contribution in [-0.4, -0.2) is 54.0 Å². The van der Waals surface area contributed by atoms with E-state index in [-0.39, 0.29) is 25.6 Å². The molecule has 2 amide bonds. The summed E-state index contributed by atoms with van der Waals surface area (Å²) in [4.78, 5) is 36.8. The van der Waals surface area contributed by atoms with Crippen LogP contribution in [0, 0.1) is 12.3 Å². The maximum atomic E-state index is 12.7. The van der Waals surface area contributed by atoms with Crippen molar-refractivity contribution < 1.29 is 29.0 Å². The molecule has 8 nitrogen and oxygen atoms in total. The summed E-state index contributed by atoms with van der Waals surface area (Å²) in [6, 6.07) is 13.4. The first-order chi connectivity index (χ1) is 16.6. The van der Waals surface area contributed by atoms with Crippen LogP contribution in [0.15, 0.2) is 48.5 Å². The molecule has 0 spiro atoms. The summed E-state index contributed by atoms with van der Waals surface area (Å²) >= 11 is 0. The molecule has 0 aromatic heterocycles. The molecular weight excluding hydrogens is 448 g/mol. The van der Waals surface area contributed by atoms with E-state index in [0.29, 0.717) is 0 Å². The minimum atomic E-state index is -1.30. The van der Waals surface area contributed by atoms with Crippen LogP contribution in [0.1, 0.15) is 44.2 Å². The van der Waals surface area contributed by atoms with Gasteiger partial charge in [-0.15, -0.1) is 12.3 Å². The lowest BCUT2D eigenvalue weighted by Gasteiger charge is -2.24. The maximum absolute atomic E-state index is 12.7. The number of alkyl carbamates (subject to hydrolysis) is 1. The Kier molecular flexibility index (Phi) is 8.15. The highest BCUT2D eigenvalue weighted by Crippen LogP contribution is 2.44. The number of carbonyl (C=O) groups is 3. The van der Waals surface area contributed by atoms with Crippen molar-refractivity contribution in [2.24, 2.45) is 0 Å². The average Bonchev–Trinajstić information content (AvgIpc) is 3.13. The van der Waals surface area contributed by atoms with E-state index in [2.05, 4.69) is 16.6 Å². The third-order valence-electron chi connectivity index (χ3n) is 5.57. The van der Waals surface area contributed by atoms with Crippen molar-refractivity contribution in [1.29, 1.82) is 0 Å². The number of hydrogen-bond acceptors (Lipinski definition) is 5. The molecule has 2 aromatic carbocycles. The summed E-state index contributed by atoms with van der Waals surface area (Å²) < 4.78 is 11.0. The Morgan fingerprint density at radius 1 is 1.00 bits per heavy atom. The third-order valence-corrected chi connectivity index (χ3v) is 5.57. The topological polar surface area (TPSA) is 114 Å². The third kappa shape index (κ3) is 6.61.